The van der Waals surface area contributed by atoms with E-state index in [-0.39, 0.29) is 18.4 Å². The number of ether oxygens (including phenoxy) is 1. The van der Waals surface area contributed by atoms with Gasteiger partial charge in [0.1, 0.15) is 6.04 Å². The normalized spacial score (nSPS) is 17.9. The highest BCUT2D eigenvalue weighted by molar-refractivity contribution is 5.82. The molecule has 0 saturated carbocycles. The summed E-state index contributed by atoms with van der Waals surface area (Å²) >= 11 is 0. The van der Waals surface area contributed by atoms with Gasteiger partial charge in [-0.3, -0.25) is 14.5 Å². The zero-order valence-corrected chi connectivity index (χ0v) is 14.1. The number of hydrogen-bond acceptors (Lipinski definition) is 5. The number of nitrogens with zero attached hydrogens (tertiary/aromatic N) is 3. The van der Waals surface area contributed by atoms with E-state index in [1.807, 2.05) is 18.7 Å². The van der Waals surface area contributed by atoms with E-state index in [1.54, 1.807) is 4.90 Å². The van der Waals surface area contributed by atoms with Crippen LogP contribution in [0.1, 0.15) is 20.3 Å². The van der Waals surface area contributed by atoms with Crippen molar-refractivity contribution in [3.63, 3.8) is 0 Å². The van der Waals surface area contributed by atoms with E-state index < -0.39 is 6.04 Å². The van der Waals surface area contributed by atoms with Crippen molar-refractivity contribution in [2.24, 2.45) is 5.73 Å². The Morgan fingerprint density at radius 3 is 2.45 bits per heavy atom. The predicted octanol–water partition coefficient (Wildman–Crippen LogP) is -0.637. The van der Waals surface area contributed by atoms with Crippen molar-refractivity contribution in [1.29, 1.82) is 0 Å². The molecule has 0 aromatic carbocycles. The third kappa shape index (κ3) is 5.55. The first kappa shape index (κ1) is 18.9. The lowest BCUT2D eigenvalue weighted by Crippen LogP contribution is -2.47. The lowest BCUT2D eigenvalue weighted by atomic mass is 10.2. The van der Waals surface area contributed by atoms with Crippen molar-refractivity contribution in [1.82, 2.24) is 14.7 Å². The smallest absolute Gasteiger partial charge is 0.241 e. The number of likely N-dealkylation sites (N-methyl/N-ethyl adjacent to an activating group) is 1. The summed E-state index contributed by atoms with van der Waals surface area (Å²) in [4.78, 5) is 30.1. The maximum atomic E-state index is 12.2. The molecule has 2 amide bonds. The van der Waals surface area contributed by atoms with Crippen LogP contribution in [-0.2, 0) is 14.3 Å². The van der Waals surface area contributed by atoms with Crippen molar-refractivity contribution in [3.8, 4) is 0 Å². The van der Waals surface area contributed by atoms with Crippen LogP contribution in [0.25, 0.3) is 0 Å². The molecule has 1 atom stereocenters. The van der Waals surface area contributed by atoms with Gasteiger partial charge in [0, 0.05) is 46.4 Å². The molecule has 2 N–H and O–H groups in total. The molecule has 0 aromatic rings. The van der Waals surface area contributed by atoms with Crippen molar-refractivity contribution in [2.75, 3.05) is 59.5 Å². The molecule has 0 aromatic heterocycles. The lowest BCUT2D eigenvalue weighted by Gasteiger charge is -2.26. The van der Waals surface area contributed by atoms with Crippen molar-refractivity contribution < 1.29 is 14.3 Å². The van der Waals surface area contributed by atoms with Crippen LogP contribution in [0.15, 0.2) is 0 Å². The average molecular weight is 314 g/mol. The highest BCUT2D eigenvalue weighted by Crippen LogP contribution is 2.06. The Morgan fingerprint density at radius 1 is 1.18 bits per heavy atom. The fourth-order valence-electron chi connectivity index (χ4n) is 2.70. The van der Waals surface area contributed by atoms with Gasteiger partial charge in [-0.25, -0.2) is 0 Å². The number of rotatable bonds is 7. The number of methoxy groups -OCH3 is 1. The van der Waals surface area contributed by atoms with E-state index in [0.717, 1.165) is 26.1 Å². The van der Waals surface area contributed by atoms with Gasteiger partial charge in [0.2, 0.25) is 11.8 Å². The molecule has 0 spiro atoms. The van der Waals surface area contributed by atoms with E-state index >= 15 is 0 Å². The molecule has 1 saturated heterocycles. The lowest BCUT2D eigenvalue weighted by molar-refractivity contribution is -0.133. The largest absolute Gasteiger partial charge is 0.383 e. The minimum atomic E-state index is -0.603. The molecule has 1 rings (SSSR count). The van der Waals surface area contributed by atoms with Crippen LogP contribution < -0.4 is 5.73 Å². The minimum Gasteiger partial charge on any atom is -0.383 e. The molecule has 128 valence electrons. The molecule has 1 unspecified atom stereocenters. The Balaban J connectivity index is 2.48. The van der Waals surface area contributed by atoms with Crippen LogP contribution in [0.5, 0.6) is 0 Å². The van der Waals surface area contributed by atoms with Crippen LogP contribution in [0.2, 0.25) is 0 Å². The summed E-state index contributed by atoms with van der Waals surface area (Å²) in [5.74, 6) is 0.0830. The van der Waals surface area contributed by atoms with E-state index in [9.17, 15) is 9.59 Å². The van der Waals surface area contributed by atoms with E-state index in [0.29, 0.717) is 26.2 Å². The quantitative estimate of drug-likeness (QED) is 0.676. The third-order valence-electron chi connectivity index (χ3n) is 4.04. The second-order valence-corrected chi connectivity index (χ2v) is 5.58. The first-order valence-electron chi connectivity index (χ1n) is 8.06. The Morgan fingerprint density at radius 2 is 1.86 bits per heavy atom. The summed E-state index contributed by atoms with van der Waals surface area (Å²) in [5.41, 5.74) is 5.81. The molecule has 7 nitrogen and oxygen atoms in total. The third-order valence-corrected chi connectivity index (χ3v) is 4.04. The molecular formula is C15H30N4O3. The molecule has 7 heteroatoms. The Labute approximate surface area is 133 Å². The van der Waals surface area contributed by atoms with Gasteiger partial charge in [0.25, 0.3) is 0 Å². The maximum Gasteiger partial charge on any atom is 0.241 e. The fourth-order valence-corrected chi connectivity index (χ4v) is 2.70. The second-order valence-electron chi connectivity index (χ2n) is 5.58. The zero-order valence-electron chi connectivity index (χ0n) is 14.1. The topological polar surface area (TPSA) is 79.1 Å². The van der Waals surface area contributed by atoms with Crippen LogP contribution in [0, 0.1) is 0 Å². The second kappa shape index (κ2) is 9.76. The Kier molecular flexibility index (Phi) is 8.37. The fraction of sp³-hybridized carbons (Fsp3) is 0.867. The van der Waals surface area contributed by atoms with E-state index in [2.05, 4.69) is 4.90 Å². The number of carbonyl (C=O) groups is 2. The van der Waals surface area contributed by atoms with E-state index in [4.69, 9.17) is 10.5 Å². The molecule has 22 heavy (non-hydrogen) atoms. The average Bonchev–Trinajstić information content (AvgIpc) is 2.73. The summed E-state index contributed by atoms with van der Waals surface area (Å²) in [6.07, 6.45) is 0.858. The molecule has 1 heterocycles. The van der Waals surface area contributed by atoms with Gasteiger partial charge in [-0.1, -0.05) is 0 Å². The van der Waals surface area contributed by atoms with Gasteiger partial charge in [-0.15, -0.1) is 0 Å². The first-order valence-corrected chi connectivity index (χ1v) is 8.06. The summed E-state index contributed by atoms with van der Waals surface area (Å²) in [6.45, 7) is 8.94. The monoisotopic (exact) mass is 314 g/mol. The molecule has 1 aliphatic heterocycles. The molecule has 1 fully saturated rings. The van der Waals surface area contributed by atoms with Gasteiger partial charge < -0.3 is 20.3 Å². The standard InChI is InChI=1S/C15H30N4O3/c1-4-18(5-2)14(20)11-17-7-6-8-19(10-9-17)15(21)13(16)12-22-3/h13H,4-12,16H2,1-3H3. The number of carbonyl (C=O) groups excluding carboxylic acids is 2. The predicted molar refractivity (Wildman–Crippen MR) is 85.4 cm³/mol. The number of amides is 2. The van der Waals surface area contributed by atoms with E-state index in [1.165, 1.54) is 7.11 Å². The highest BCUT2D eigenvalue weighted by atomic mass is 16.5. The molecular weight excluding hydrogens is 284 g/mol. The SMILES string of the molecule is CCN(CC)C(=O)CN1CCCN(C(=O)C(N)COC)CC1. The maximum absolute atomic E-state index is 12.2. The van der Waals surface area contributed by atoms with Gasteiger partial charge in [0.05, 0.1) is 13.2 Å². The van der Waals surface area contributed by atoms with Gasteiger partial charge in [-0.2, -0.15) is 0 Å². The van der Waals surface area contributed by atoms with Crippen LogP contribution in [-0.4, -0.2) is 92.1 Å². The zero-order chi connectivity index (χ0) is 16.5. The van der Waals surface area contributed by atoms with Crippen molar-refractivity contribution in [2.45, 2.75) is 26.3 Å². The summed E-state index contributed by atoms with van der Waals surface area (Å²) in [5, 5.41) is 0. The minimum absolute atomic E-state index is 0.0706. The van der Waals surface area contributed by atoms with Crippen LogP contribution in [0.3, 0.4) is 0 Å². The molecule has 0 radical (unpaired) electrons. The van der Waals surface area contributed by atoms with Gasteiger partial charge >= 0.3 is 0 Å². The van der Waals surface area contributed by atoms with Gasteiger partial charge in [-0.05, 0) is 20.3 Å². The summed E-state index contributed by atoms with van der Waals surface area (Å²) < 4.78 is 4.94. The molecule has 1 aliphatic rings. The van der Waals surface area contributed by atoms with Crippen molar-refractivity contribution in [3.05, 3.63) is 0 Å². The summed E-state index contributed by atoms with van der Waals surface area (Å²) in [7, 11) is 1.54. The Hall–Kier alpha value is -1.18. The first-order chi connectivity index (χ1) is 10.5. The van der Waals surface area contributed by atoms with Crippen molar-refractivity contribution >= 4 is 11.8 Å². The Bertz CT molecular complexity index is 361. The van der Waals surface area contributed by atoms with Gasteiger partial charge in [0.15, 0.2) is 0 Å². The summed E-state index contributed by atoms with van der Waals surface area (Å²) in [6, 6.07) is -0.603. The highest BCUT2D eigenvalue weighted by Gasteiger charge is 2.24. The molecule has 0 bridgehead atoms. The van der Waals surface area contributed by atoms with Crippen LogP contribution in [0.4, 0.5) is 0 Å². The van der Waals surface area contributed by atoms with Crippen LogP contribution >= 0.6 is 0 Å². The molecule has 0 aliphatic carbocycles. The number of hydrogen-bond donors (Lipinski definition) is 1. The number of nitrogens with two attached hydrogens (primary N) is 1.